The third-order valence-electron chi connectivity index (χ3n) is 5.89. The number of nitrogens with one attached hydrogen (secondary N) is 1. The Balaban J connectivity index is 1.43. The number of imidazole rings is 1. The smallest absolute Gasteiger partial charge is 0.251 e. The quantitative estimate of drug-likeness (QED) is 0.289. The number of rotatable bonds is 9. The van der Waals surface area contributed by atoms with Crippen molar-refractivity contribution >= 4 is 32.9 Å². The lowest BCUT2D eigenvalue weighted by atomic mass is 9.99. The van der Waals surface area contributed by atoms with E-state index in [2.05, 4.69) is 51.8 Å². The number of benzene rings is 3. The molecule has 1 atom stereocenters. The Morgan fingerprint density at radius 2 is 1.79 bits per heavy atom. The zero-order chi connectivity index (χ0) is 23.2. The van der Waals surface area contributed by atoms with Crippen molar-refractivity contribution in [2.45, 2.75) is 39.3 Å². The molecular formula is C27H28BrN3O2. The summed E-state index contributed by atoms with van der Waals surface area (Å²) in [5.41, 5.74) is 3.88. The average Bonchev–Trinajstić information content (AvgIpc) is 3.20. The van der Waals surface area contributed by atoms with Crippen LogP contribution in [0.2, 0.25) is 0 Å². The van der Waals surface area contributed by atoms with E-state index >= 15 is 0 Å². The van der Waals surface area contributed by atoms with Crippen LogP contribution in [0.15, 0.2) is 77.3 Å². The van der Waals surface area contributed by atoms with Gasteiger partial charge in [0, 0.05) is 10.0 Å². The Bertz CT molecular complexity index is 1220. The summed E-state index contributed by atoms with van der Waals surface area (Å²) >= 11 is 3.40. The zero-order valence-corrected chi connectivity index (χ0v) is 20.5. The number of hydrogen-bond donors (Lipinski definition) is 1. The minimum absolute atomic E-state index is 0.126. The molecule has 0 radical (unpaired) electrons. The van der Waals surface area contributed by atoms with Gasteiger partial charge in [-0.1, -0.05) is 54.0 Å². The number of carbonyl (C=O) groups is 1. The van der Waals surface area contributed by atoms with Gasteiger partial charge in [-0.25, -0.2) is 4.98 Å². The molecule has 1 unspecified atom stereocenters. The number of para-hydroxylation sites is 2. The second kappa shape index (κ2) is 10.7. The Kier molecular flexibility index (Phi) is 7.45. The number of hydrogen-bond acceptors (Lipinski definition) is 3. The molecule has 0 fully saturated rings. The van der Waals surface area contributed by atoms with Crippen molar-refractivity contribution in [3.63, 3.8) is 0 Å². The van der Waals surface area contributed by atoms with Gasteiger partial charge in [0.15, 0.2) is 0 Å². The van der Waals surface area contributed by atoms with E-state index in [9.17, 15) is 4.79 Å². The maximum Gasteiger partial charge on any atom is 0.251 e. The molecule has 1 N–H and O–H groups in total. The molecule has 33 heavy (non-hydrogen) atoms. The second-order valence-corrected chi connectivity index (χ2v) is 9.00. The maximum atomic E-state index is 12.6. The van der Waals surface area contributed by atoms with Crippen LogP contribution in [0.4, 0.5) is 0 Å². The van der Waals surface area contributed by atoms with Crippen molar-refractivity contribution in [3.8, 4) is 5.75 Å². The van der Waals surface area contributed by atoms with Crippen LogP contribution in [0.25, 0.3) is 11.0 Å². The van der Waals surface area contributed by atoms with Crippen molar-refractivity contribution in [1.82, 2.24) is 14.9 Å². The minimum Gasteiger partial charge on any atom is -0.492 e. The van der Waals surface area contributed by atoms with E-state index in [0.717, 1.165) is 33.5 Å². The predicted octanol–water partition coefficient (Wildman–Crippen LogP) is 6.32. The fourth-order valence-electron chi connectivity index (χ4n) is 3.76. The number of halogens is 1. The highest BCUT2D eigenvalue weighted by atomic mass is 79.9. The summed E-state index contributed by atoms with van der Waals surface area (Å²) in [5.74, 6) is 2.08. The van der Waals surface area contributed by atoms with Gasteiger partial charge in [0.1, 0.15) is 18.2 Å². The molecule has 4 rings (SSSR count). The molecule has 1 amide bonds. The highest BCUT2D eigenvalue weighted by molar-refractivity contribution is 9.10. The van der Waals surface area contributed by atoms with Crippen LogP contribution in [0.5, 0.6) is 5.75 Å². The van der Waals surface area contributed by atoms with Crippen LogP contribution in [0, 0.1) is 0 Å². The van der Waals surface area contributed by atoms with Crippen LogP contribution in [-0.2, 0) is 13.1 Å². The van der Waals surface area contributed by atoms with Crippen molar-refractivity contribution in [1.29, 1.82) is 0 Å². The molecule has 0 saturated heterocycles. The molecule has 5 nitrogen and oxygen atoms in total. The van der Waals surface area contributed by atoms with Crippen molar-refractivity contribution in [2.24, 2.45) is 0 Å². The van der Waals surface area contributed by atoms with E-state index in [4.69, 9.17) is 9.72 Å². The van der Waals surface area contributed by atoms with Crippen molar-refractivity contribution in [3.05, 3.63) is 94.2 Å². The maximum absolute atomic E-state index is 12.6. The molecule has 0 aliphatic carbocycles. The number of nitrogens with zero attached hydrogens (tertiary/aromatic N) is 2. The summed E-state index contributed by atoms with van der Waals surface area (Å²) in [5, 5.41) is 2.99. The summed E-state index contributed by atoms with van der Waals surface area (Å²) in [6.07, 6.45) is 1.12. The number of ether oxygens (including phenoxy) is 1. The predicted molar refractivity (Wildman–Crippen MR) is 136 cm³/mol. The summed E-state index contributed by atoms with van der Waals surface area (Å²) in [6, 6.07) is 23.7. The highest BCUT2D eigenvalue weighted by Gasteiger charge is 2.13. The Morgan fingerprint density at radius 1 is 1.06 bits per heavy atom. The Labute approximate surface area is 202 Å². The monoisotopic (exact) mass is 505 g/mol. The standard InChI is InChI=1S/C27H28BrN3O2/c1-3-19(2)20-10-14-23(15-11-20)33-17-16-31-25-7-5-4-6-24(25)30-26(31)18-29-27(32)21-8-12-22(28)13-9-21/h4-15,19H,3,16-18H2,1-2H3,(H,29,32). The van der Waals surface area contributed by atoms with E-state index in [1.165, 1.54) is 5.56 Å². The Hall–Kier alpha value is -3.12. The number of amides is 1. The molecule has 0 spiro atoms. The Morgan fingerprint density at radius 3 is 2.52 bits per heavy atom. The van der Waals surface area contributed by atoms with Gasteiger partial charge in [0.05, 0.1) is 24.1 Å². The second-order valence-electron chi connectivity index (χ2n) is 8.08. The first kappa shape index (κ1) is 23.1. The van der Waals surface area contributed by atoms with Gasteiger partial charge in [-0.2, -0.15) is 0 Å². The van der Waals surface area contributed by atoms with Crippen molar-refractivity contribution < 1.29 is 9.53 Å². The van der Waals surface area contributed by atoms with E-state index < -0.39 is 0 Å². The number of fused-ring (bicyclic) bond motifs is 1. The highest BCUT2D eigenvalue weighted by Crippen LogP contribution is 2.22. The minimum atomic E-state index is -0.126. The van der Waals surface area contributed by atoms with Gasteiger partial charge in [-0.15, -0.1) is 0 Å². The molecule has 0 aliphatic rings. The summed E-state index contributed by atoms with van der Waals surface area (Å²) < 4.78 is 9.07. The van der Waals surface area contributed by atoms with Crippen LogP contribution < -0.4 is 10.1 Å². The third kappa shape index (κ3) is 5.63. The largest absolute Gasteiger partial charge is 0.492 e. The first-order valence-corrected chi connectivity index (χ1v) is 12.0. The molecule has 1 aromatic heterocycles. The molecule has 6 heteroatoms. The molecule has 170 valence electrons. The molecule has 0 aliphatic heterocycles. The van der Waals surface area contributed by atoms with E-state index in [1.54, 1.807) is 12.1 Å². The SMILES string of the molecule is CCC(C)c1ccc(OCCn2c(CNC(=O)c3ccc(Br)cc3)nc3ccccc32)cc1. The molecule has 0 saturated carbocycles. The van der Waals surface area contributed by atoms with E-state index in [0.29, 0.717) is 31.2 Å². The lowest BCUT2D eigenvalue weighted by Gasteiger charge is -2.13. The third-order valence-corrected chi connectivity index (χ3v) is 6.42. The normalized spacial score (nSPS) is 12.0. The van der Waals surface area contributed by atoms with Crippen LogP contribution >= 0.6 is 15.9 Å². The summed E-state index contributed by atoms with van der Waals surface area (Å²) in [6.45, 7) is 5.92. The first-order valence-electron chi connectivity index (χ1n) is 11.3. The van der Waals surface area contributed by atoms with Gasteiger partial charge in [-0.05, 0) is 66.4 Å². The lowest BCUT2D eigenvalue weighted by molar-refractivity contribution is 0.0949. The van der Waals surface area contributed by atoms with Crippen molar-refractivity contribution in [2.75, 3.05) is 6.61 Å². The molecule has 0 bridgehead atoms. The van der Waals surface area contributed by atoms with Gasteiger partial charge < -0.3 is 14.6 Å². The summed E-state index contributed by atoms with van der Waals surface area (Å²) in [4.78, 5) is 17.3. The molecule has 1 heterocycles. The van der Waals surface area contributed by atoms with Gasteiger partial charge >= 0.3 is 0 Å². The van der Waals surface area contributed by atoms with E-state index in [-0.39, 0.29) is 5.91 Å². The number of aromatic nitrogens is 2. The van der Waals surface area contributed by atoms with Crippen LogP contribution in [-0.4, -0.2) is 22.1 Å². The fourth-order valence-corrected chi connectivity index (χ4v) is 4.02. The topological polar surface area (TPSA) is 56.1 Å². The first-order chi connectivity index (χ1) is 16.0. The van der Waals surface area contributed by atoms with Crippen LogP contribution in [0.3, 0.4) is 0 Å². The average molecular weight is 506 g/mol. The summed E-state index contributed by atoms with van der Waals surface area (Å²) in [7, 11) is 0. The van der Waals surface area contributed by atoms with Gasteiger partial charge in [-0.3, -0.25) is 4.79 Å². The lowest BCUT2D eigenvalue weighted by Crippen LogP contribution is -2.25. The van der Waals surface area contributed by atoms with Gasteiger partial charge in [0.2, 0.25) is 0 Å². The molecular weight excluding hydrogens is 478 g/mol. The van der Waals surface area contributed by atoms with E-state index in [1.807, 2.05) is 48.5 Å². The molecule has 3 aromatic carbocycles. The molecule has 4 aromatic rings. The number of carbonyl (C=O) groups excluding carboxylic acids is 1. The van der Waals surface area contributed by atoms with Crippen LogP contribution in [0.1, 0.15) is 47.9 Å². The van der Waals surface area contributed by atoms with Gasteiger partial charge in [0.25, 0.3) is 5.91 Å². The fraction of sp³-hybridized carbons (Fsp3) is 0.259. The zero-order valence-electron chi connectivity index (χ0n) is 18.9.